The monoisotopic (exact) mass is 410 g/mol. The number of rotatable bonds is 7. The Morgan fingerprint density at radius 1 is 1.26 bits per heavy atom. The van der Waals surface area contributed by atoms with E-state index in [1.165, 1.54) is 42.4 Å². The van der Waals surface area contributed by atoms with Gasteiger partial charge in [-0.15, -0.1) is 10.2 Å². The second kappa shape index (κ2) is 8.83. The summed E-state index contributed by atoms with van der Waals surface area (Å²) in [6, 6.07) is 12.8. The van der Waals surface area contributed by atoms with Gasteiger partial charge in [0.05, 0.1) is 11.4 Å². The second-order valence-corrected chi connectivity index (χ2v) is 6.58. The zero-order valence-electron chi connectivity index (χ0n) is 13.7. The number of carbonyl (C=O) groups excluding carboxylic acids is 1. The molecule has 0 atom stereocenters. The van der Waals surface area contributed by atoms with Crippen LogP contribution in [0.5, 0.6) is 5.75 Å². The normalized spacial score (nSPS) is 10.8. The number of nitrogens with one attached hydrogen (secondary N) is 1. The van der Waals surface area contributed by atoms with Gasteiger partial charge in [-0.25, -0.2) is 0 Å². The van der Waals surface area contributed by atoms with Gasteiger partial charge in [0.25, 0.3) is 0 Å². The van der Waals surface area contributed by atoms with E-state index in [0.717, 1.165) is 5.69 Å². The average molecular weight is 411 g/mol. The van der Waals surface area contributed by atoms with Crippen molar-refractivity contribution in [3.63, 3.8) is 0 Å². The maximum absolute atomic E-state index is 12.1. The molecule has 1 aromatic heterocycles. The molecule has 0 saturated heterocycles. The molecule has 0 bridgehead atoms. The van der Waals surface area contributed by atoms with Crippen LogP contribution >= 0.6 is 23.4 Å². The summed E-state index contributed by atoms with van der Waals surface area (Å²) in [5, 5.41) is 11.7. The van der Waals surface area contributed by atoms with E-state index in [1.807, 2.05) is 6.07 Å². The van der Waals surface area contributed by atoms with E-state index in [-0.39, 0.29) is 17.4 Å². The molecule has 0 aliphatic carbocycles. The van der Waals surface area contributed by atoms with E-state index >= 15 is 0 Å². The smallest absolute Gasteiger partial charge is 0.387 e. The van der Waals surface area contributed by atoms with Gasteiger partial charge >= 0.3 is 6.61 Å². The third-order valence-corrected chi connectivity index (χ3v) is 4.48. The lowest BCUT2D eigenvalue weighted by Gasteiger charge is -2.08. The number of hydrogen-bond donors (Lipinski definition) is 1. The van der Waals surface area contributed by atoms with Crippen LogP contribution in [-0.2, 0) is 4.79 Å². The first-order valence-electron chi connectivity index (χ1n) is 7.65. The highest BCUT2D eigenvalue weighted by molar-refractivity contribution is 7.99. The Kier molecular flexibility index (Phi) is 6.25. The highest BCUT2D eigenvalue weighted by Gasteiger charge is 2.11. The van der Waals surface area contributed by atoms with Crippen LogP contribution in [0.2, 0.25) is 5.02 Å². The minimum Gasteiger partial charge on any atom is -0.435 e. The third-order valence-electron chi connectivity index (χ3n) is 3.30. The lowest BCUT2D eigenvalue weighted by Crippen LogP contribution is -2.14. The lowest BCUT2D eigenvalue weighted by atomic mass is 10.3. The van der Waals surface area contributed by atoms with Crippen molar-refractivity contribution in [1.29, 1.82) is 0 Å². The lowest BCUT2D eigenvalue weighted by molar-refractivity contribution is -0.113. The van der Waals surface area contributed by atoms with Crippen molar-refractivity contribution in [2.45, 2.75) is 11.8 Å². The van der Waals surface area contributed by atoms with Crippen molar-refractivity contribution in [1.82, 2.24) is 14.8 Å². The Bertz CT molecular complexity index is 921. The number of anilines is 1. The second-order valence-electron chi connectivity index (χ2n) is 5.20. The Labute approximate surface area is 162 Å². The molecule has 0 fully saturated rings. The summed E-state index contributed by atoms with van der Waals surface area (Å²) in [4.78, 5) is 12.1. The van der Waals surface area contributed by atoms with Gasteiger partial charge in [0.1, 0.15) is 12.1 Å². The number of hydrogen-bond acceptors (Lipinski definition) is 5. The van der Waals surface area contributed by atoms with Gasteiger partial charge in [-0.2, -0.15) is 8.78 Å². The van der Waals surface area contributed by atoms with Crippen molar-refractivity contribution in [3.8, 4) is 11.4 Å². The van der Waals surface area contributed by atoms with Crippen LogP contribution in [0.3, 0.4) is 0 Å². The maximum atomic E-state index is 12.1. The van der Waals surface area contributed by atoms with E-state index in [0.29, 0.717) is 15.9 Å². The van der Waals surface area contributed by atoms with Crippen molar-refractivity contribution in [3.05, 3.63) is 59.9 Å². The molecule has 3 aromatic rings. The van der Waals surface area contributed by atoms with E-state index in [9.17, 15) is 13.6 Å². The number of halogens is 3. The molecule has 2 aromatic carbocycles. The Morgan fingerprint density at radius 2 is 2.04 bits per heavy atom. The van der Waals surface area contributed by atoms with Crippen molar-refractivity contribution in [2.24, 2.45) is 0 Å². The fourth-order valence-corrected chi connectivity index (χ4v) is 3.09. The first-order chi connectivity index (χ1) is 13.0. The minimum atomic E-state index is -2.89. The number of amides is 1. The molecule has 6 nitrogen and oxygen atoms in total. The summed E-state index contributed by atoms with van der Waals surface area (Å²) >= 11 is 7.20. The van der Waals surface area contributed by atoms with Crippen LogP contribution < -0.4 is 10.1 Å². The molecule has 27 heavy (non-hydrogen) atoms. The largest absolute Gasteiger partial charge is 0.435 e. The molecule has 1 N–H and O–H groups in total. The van der Waals surface area contributed by atoms with Crippen molar-refractivity contribution in [2.75, 3.05) is 11.1 Å². The van der Waals surface area contributed by atoms with Gasteiger partial charge in [-0.05, 0) is 42.5 Å². The van der Waals surface area contributed by atoms with Crippen molar-refractivity contribution < 1.29 is 18.3 Å². The van der Waals surface area contributed by atoms with E-state index in [1.54, 1.807) is 22.8 Å². The number of ether oxygens (including phenoxy) is 1. The van der Waals surface area contributed by atoms with Gasteiger partial charge in [0.2, 0.25) is 5.91 Å². The summed E-state index contributed by atoms with van der Waals surface area (Å²) in [6.07, 6.45) is 1.54. The molecule has 0 aliphatic rings. The quantitative estimate of drug-likeness (QED) is 0.589. The minimum absolute atomic E-state index is 0.0204. The van der Waals surface area contributed by atoms with Crippen LogP contribution in [0.1, 0.15) is 0 Å². The molecule has 10 heteroatoms. The molecule has 140 valence electrons. The van der Waals surface area contributed by atoms with Gasteiger partial charge in [-0.1, -0.05) is 29.4 Å². The number of carbonyl (C=O) groups is 1. The molecule has 0 radical (unpaired) electrons. The molecule has 1 heterocycles. The van der Waals surface area contributed by atoms with Crippen LogP contribution in [0.25, 0.3) is 5.69 Å². The molecule has 0 unspecified atom stereocenters. The zero-order valence-corrected chi connectivity index (χ0v) is 15.3. The molecular weight excluding hydrogens is 398 g/mol. The van der Waals surface area contributed by atoms with Gasteiger partial charge in [0, 0.05) is 10.7 Å². The topological polar surface area (TPSA) is 69.0 Å². The SMILES string of the molecule is O=C(CSc1nncn1-c1cccc(Cl)c1)Nc1ccc(OC(F)F)cc1. The summed E-state index contributed by atoms with van der Waals surface area (Å²) in [5.74, 6) is -0.163. The number of nitrogens with zero attached hydrogens (tertiary/aromatic N) is 3. The van der Waals surface area contributed by atoms with E-state index in [4.69, 9.17) is 11.6 Å². The average Bonchev–Trinajstić information content (AvgIpc) is 3.10. The first-order valence-corrected chi connectivity index (χ1v) is 9.01. The Balaban J connectivity index is 1.58. The number of thioether (sulfide) groups is 1. The predicted octanol–water partition coefficient (Wildman–Crippen LogP) is 4.25. The molecule has 1 amide bonds. The van der Waals surface area contributed by atoms with Gasteiger partial charge in [-0.3, -0.25) is 9.36 Å². The number of benzene rings is 2. The summed E-state index contributed by atoms with van der Waals surface area (Å²) < 4.78 is 30.2. The van der Waals surface area contributed by atoms with E-state index < -0.39 is 6.61 Å². The zero-order chi connectivity index (χ0) is 19.2. The maximum Gasteiger partial charge on any atom is 0.387 e. The Hall–Kier alpha value is -2.65. The van der Waals surface area contributed by atoms with Crippen LogP contribution in [-0.4, -0.2) is 33.0 Å². The molecule has 0 spiro atoms. The Morgan fingerprint density at radius 3 is 2.74 bits per heavy atom. The van der Waals surface area contributed by atoms with E-state index in [2.05, 4.69) is 20.3 Å². The summed E-state index contributed by atoms with van der Waals surface area (Å²) in [7, 11) is 0. The predicted molar refractivity (Wildman–Crippen MR) is 98.8 cm³/mol. The highest BCUT2D eigenvalue weighted by Crippen LogP contribution is 2.22. The standard InChI is InChI=1S/C17H13ClF2N4O2S/c18-11-2-1-3-13(8-11)24-10-21-23-17(24)27-9-15(25)22-12-4-6-14(7-5-12)26-16(19)20/h1-8,10,16H,9H2,(H,22,25). The highest BCUT2D eigenvalue weighted by atomic mass is 35.5. The van der Waals surface area contributed by atoms with Crippen LogP contribution in [0.15, 0.2) is 60.0 Å². The third kappa shape index (κ3) is 5.41. The van der Waals surface area contributed by atoms with Crippen LogP contribution in [0, 0.1) is 0 Å². The summed E-state index contributed by atoms with van der Waals surface area (Å²) in [5.41, 5.74) is 1.25. The molecular formula is C17H13ClF2N4O2S. The molecule has 0 saturated carbocycles. The van der Waals surface area contributed by atoms with Gasteiger partial charge < -0.3 is 10.1 Å². The molecule has 0 aliphatic heterocycles. The molecule has 3 rings (SSSR count). The van der Waals surface area contributed by atoms with Crippen LogP contribution in [0.4, 0.5) is 14.5 Å². The van der Waals surface area contributed by atoms with Gasteiger partial charge in [0.15, 0.2) is 5.16 Å². The first kappa shape index (κ1) is 19.1. The summed E-state index contributed by atoms with van der Waals surface area (Å²) in [6.45, 7) is -2.89. The van der Waals surface area contributed by atoms with Crippen molar-refractivity contribution >= 4 is 35.0 Å². The number of alkyl halides is 2. The number of aromatic nitrogens is 3. The fourth-order valence-electron chi connectivity index (χ4n) is 2.17. The fraction of sp³-hybridized carbons (Fsp3) is 0.118.